The van der Waals surface area contributed by atoms with Crippen molar-refractivity contribution in [1.82, 2.24) is 19.4 Å². The summed E-state index contributed by atoms with van der Waals surface area (Å²) in [4.78, 5) is 12.4. The number of fused-ring (bicyclic) bond motifs is 2. The van der Waals surface area contributed by atoms with E-state index in [0.717, 1.165) is 11.3 Å². The van der Waals surface area contributed by atoms with Gasteiger partial charge < -0.3 is 4.40 Å². The van der Waals surface area contributed by atoms with E-state index in [1.807, 2.05) is 35.0 Å². The first-order chi connectivity index (χ1) is 6.43. The van der Waals surface area contributed by atoms with Crippen LogP contribution in [0.2, 0.25) is 0 Å². The highest BCUT2D eigenvalue weighted by Crippen LogP contribution is 2.14. The molecular formula is C9H6N4. The van der Waals surface area contributed by atoms with Crippen LogP contribution < -0.4 is 0 Å². The predicted molar refractivity (Wildman–Crippen MR) is 47.4 cm³/mol. The fourth-order valence-corrected chi connectivity index (χ4v) is 1.34. The van der Waals surface area contributed by atoms with Gasteiger partial charge in [0.25, 0.3) is 0 Å². The summed E-state index contributed by atoms with van der Waals surface area (Å²) >= 11 is 0. The zero-order valence-corrected chi connectivity index (χ0v) is 6.75. The summed E-state index contributed by atoms with van der Waals surface area (Å²) < 4.78 is 1.93. The second kappa shape index (κ2) is 2.26. The lowest BCUT2D eigenvalue weighted by molar-refractivity contribution is 1.08. The standard InChI is InChI=1S/C9H6N4/c1-2-4-13-5-7-9(11-6-10-7)12-8(13)3-1/h1-6H. The molecule has 3 rings (SSSR count). The molecule has 0 bridgehead atoms. The largest absolute Gasteiger partial charge is 0.306 e. The SMILES string of the molecule is c1ccn2cc3ncnc-3nc2c1. The summed E-state index contributed by atoms with van der Waals surface area (Å²) in [6.45, 7) is 0. The van der Waals surface area contributed by atoms with E-state index in [-0.39, 0.29) is 0 Å². The molecule has 0 amide bonds. The van der Waals surface area contributed by atoms with Gasteiger partial charge in [0.05, 0.1) is 0 Å². The maximum absolute atomic E-state index is 4.33. The van der Waals surface area contributed by atoms with Crippen molar-refractivity contribution in [1.29, 1.82) is 0 Å². The highest BCUT2D eigenvalue weighted by Gasteiger charge is 2.06. The third-order valence-corrected chi connectivity index (χ3v) is 1.96. The molecule has 2 aliphatic rings. The first-order valence-electron chi connectivity index (χ1n) is 3.98. The van der Waals surface area contributed by atoms with Gasteiger partial charge in [0, 0.05) is 12.4 Å². The highest BCUT2D eigenvalue weighted by molar-refractivity contribution is 5.55. The Hall–Kier alpha value is -1.97. The number of hydrogen-bond donors (Lipinski definition) is 0. The lowest BCUT2D eigenvalue weighted by Crippen LogP contribution is -1.94. The second-order valence-electron chi connectivity index (χ2n) is 2.79. The molecule has 0 fully saturated rings. The van der Waals surface area contributed by atoms with Crippen LogP contribution in [0.4, 0.5) is 0 Å². The third kappa shape index (κ3) is 0.885. The quantitative estimate of drug-likeness (QED) is 0.509. The van der Waals surface area contributed by atoms with E-state index in [4.69, 9.17) is 0 Å². The predicted octanol–water partition coefficient (Wildman–Crippen LogP) is 1.23. The molecule has 4 nitrogen and oxygen atoms in total. The lowest BCUT2D eigenvalue weighted by Gasteiger charge is -2.01. The zero-order valence-electron chi connectivity index (χ0n) is 6.75. The van der Waals surface area contributed by atoms with Gasteiger partial charge in [0.1, 0.15) is 17.7 Å². The number of pyridine rings is 1. The van der Waals surface area contributed by atoms with E-state index in [1.165, 1.54) is 6.33 Å². The van der Waals surface area contributed by atoms with Crippen LogP contribution in [-0.4, -0.2) is 19.4 Å². The first kappa shape index (κ1) is 6.54. The van der Waals surface area contributed by atoms with Crippen LogP contribution in [-0.2, 0) is 0 Å². The van der Waals surface area contributed by atoms with E-state index in [9.17, 15) is 0 Å². The molecule has 62 valence electrons. The van der Waals surface area contributed by atoms with Crippen LogP contribution in [0, 0.1) is 0 Å². The average Bonchev–Trinajstić information content (AvgIpc) is 2.61. The van der Waals surface area contributed by atoms with E-state index < -0.39 is 0 Å². The van der Waals surface area contributed by atoms with Crippen molar-refractivity contribution in [2.45, 2.75) is 0 Å². The van der Waals surface area contributed by atoms with E-state index >= 15 is 0 Å². The Kier molecular flexibility index (Phi) is 1.14. The smallest absolute Gasteiger partial charge is 0.183 e. The van der Waals surface area contributed by atoms with Crippen LogP contribution in [0.15, 0.2) is 36.9 Å². The highest BCUT2D eigenvalue weighted by atomic mass is 15.1. The molecule has 0 N–H and O–H groups in total. The van der Waals surface area contributed by atoms with Crippen LogP contribution >= 0.6 is 0 Å². The van der Waals surface area contributed by atoms with Crippen molar-refractivity contribution in [2.75, 3.05) is 0 Å². The minimum absolute atomic E-state index is 0.700. The normalized spacial score (nSPS) is 11.1. The number of rotatable bonds is 0. The molecule has 0 aromatic carbocycles. The van der Waals surface area contributed by atoms with Crippen molar-refractivity contribution in [2.24, 2.45) is 0 Å². The van der Waals surface area contributed by atoms with Gasteiger partial charge in [-0.3, -0.25) is 0 Å². The molecule has 1 aromatic rings. The molecule has 0 aliphatic carbocycles. The van der Waals surface area contributed by atoms with Crippen LogP contribution in [0.1, 0.15) is 0 Å². The fourth-order valence-electron chi connectivity index (χ4n) is 1.34. The molecule has 4 heteroatoms. The van der Waals surface area contributed by atoms with Crippen molar-refractivity contribution in [3.63, 3.8) is 0 Å². The van der Waals surface area contributed by atoms with Crippen molar-refractivity contribution in [3.05, 3.63) is 36.9 Å². The van der Waals surface area contributed by atoms with Crippen molar-refractivity contribution < 1.29 is 0 Å². The van der Waals surface area contributed by atoms with Gasteiger partial charge in [-0.25, -0.2) is 15.0 Å². The van der Waals surface area contributed by atoms with Gasteiger partial charge in [0.2, 0.25) is 0 Å². The molecule has 0 saturated heterocycles. The molecule has 1 aromatic heterocycles. The molecule has 13 heavy (non-hydrogen) atoms. The summed E-state index contributed by atoms with van der Waals surface area (Å²) in [6, 6.07) is 5.84. The fraction of sp³-hybridized carbons (Fsp3) is 0. The topological polar surface area (TPSA) is 43.1 Å². The first-order valence-corrected chi connectivity index (χ1v) is 3.98. The summed E-state index contributed by atoms with van der Waals surface area (Å²) in [5.74, 6) is 0.700. The van der Waals surface area contributed by atoms with Gasteiger partial charge in [-0.05, 0) is 12.1 Å². The number of aromatic nitrogens is 4. The second-order valence-corrected chi connectivity index (χ2v) is 2.79. The Balaban J connectivity index is 2.52. The number of hydrogen-bond acceptors (Lipinski definition) is 3. The van der Waals surface area contributed by atoms with Gasteiger partial charge in [-0.1, -0.05) is 6.07 Å². The lowest BCUT2D eigenvalue weighted by atomic mass is 10.4. The maximum Gasteiger partial charge on any atom is 0.183 e. The van der Waals surface area contributed by atoms with E-state index in [2.05, 4.69) is 15.0 Å². The summed E-state index contributed by atoms with van der Waals surface area (Å²) in [6.07, 6.45) is 5.39. The summed E-state index contributed by atoms with van der Waals surface area (Å²) in [5, 5.41) is 0. The Bertz CT molecular complexity index is 482. The zero-order chi connectivity index (χ0) is 8.67. The third-order valence-electron chi connectivity index (χ3n) is 1.96. The summed E-state index contributed by atoms with van der Waals surface area (Å²) in [7, 11) is 0. The average molecular weight is 170 g/mol. The molecular weight excluding hydrogens is 164 g/mol. The van der Waals surface area contributed by atoms with Gasteiger partial charge in [-0.2, -0.15) is 0 Å². The van der Waals surface area contributed by atoms with Gasteiger partial charge >= 0.3 is 0 Å². The van der Waals surface area contributed by atoms with E-state index in [1.54, 1.807) is 0 Å². The summed E-state index contributed by atoms with van der Waals surface area (Å²) in [5.41, 5.74) is 1.71. The van der Waals surface area contributed by atoms with Crippen molar-refractivity contribution >= 4 is 5.65 Å². The molecule has 0 spiro atoms. The minimum Gasteiger partial charge on any atom is -0.306 e. The Morgan fingerprint density at radius 1 is 1.15 bits per heavy atom. The van der Waals surface area contributed by atoms with E-state index in [0.29, 0.717) is 5.82 Å². The Labute approximate surface area is 74.2 Å². The molecule has 0 radical (unpaired) electrons. The minimum atomic E-state index is 0.700. The Morgan fingerprint density at radius 3 is 3.15 bits per heavy atom. The van der Waals surface area contributed by atoms with Crippen LogP contribution in [0.25, 0.3) is 17.2 Å². The van der Waals surface area contributed by atoms with Crippen LogP contribution in [0.3, 0.4) is 0 Å². The molecule has 0 saturated carbocycles. The van der Waals surface area contributed by atoms with Crippen molar-refractivity contribution in [3.8, 4) is 11.5 Å². The molecule has 2 aliphatic heterocycles. The molecule has 0 atom stereocenters. The van der Waals surface area contributed by atoms with Crippen LogP contribution in [0.5, 0.6) is 0 Å². The monoisotopic (exact) mass is 170 g/mol. The molecule has 0 unspecified atom stereocenters. The Morgan fingerprint density at radius 2 is 2.15 bits per heavy atom. The van der Waals surface area contributed by atoms with Gasteiger partial charge in [-0.15, -0.1) is 0 Å². The maximum atomic E-state index is 4.33. The molecule has 3 heterocycles. The number of imidazole rings is 1. The number of nitrogens with zero attached hydrogens (tertiary/aromatic N) is 4. The van der Waals surface area contributed by atoms with Gasteiger partial charge in [0.15, 0.2) is 5.82 Å².